The summed E-state index contributed by atoms with van der Waals surface area (Å²) in [4.78, 5) is 14.7. The van der Waals surface area contributed by atoms with Crippen LogP contribution in [0.2, 0.25) is 0 Å². The molecule has 0 unspecified atom stereocenters. The standard InChI is InChI=1S/C6H12O.C5H13NO.C2H6/c1-2-3-4-5-6-7;1-5(2,3)7-6-4;1-2/h6H,2-5H2,1H3;6H,1-4H3;1-2H3. The normalized spacial score (nSPS) is 9.44. The highest BCUT2D eigenvalue weighted by molar-refractivity contribution is 5.48. The molecule has 0 aliphatic rings. The van der Waals surface area contributed by atoms with Gasteiger partial charge in [0.2, 0.25) is 0 Å². The monoisotopic (exact) mass is 233 g/mol. The van der Waals surface area contributed by atoms with E-state index in [9.17, 15) is 4.79 Å². The Balaban J connectivity index is -0.000000183. The maximum absolute atomic E-state index is 9.68. The Morgan fingerprint density at radius 2 is 1.69 bits per heavy atom. The van der Waals surface area contributed by atoms with Crippen LogP contribution >= 0.6 is 0 Å². The molecule has 3 nitrogen and oxygen atoms in total. The summed E-state index contributed by atoms with van der Waals surface area (Å²) in [6, 6.07) is 0. The zero-order chi connectivity index (χ0) is 13.4. The minimum Gasteiger partial charge on any atom is -0.303 e. The van der Waals surface area contributed by atoms with Crippen LogP contribution in [0.1, 0.15) is 67.2 Å². The summed E-state index contributed by atoms with van der Waals surface area (Å²) in [6.07, 6.45) is 5.19. The summed E-state index contributed by atoms with van der Waals surface area (Å²) in [5, 5.41) is 0. The molecule has 0 rings (SSSR count). The molecule has 0 aromatic carbocycles. The van der Waals surface area contributed by atoms with Crippen molar-refractivity contribution in [2.24, 2.45) is 0 Å². The number of nitrogens with one attached hydrogen (secondary N) is 1. The summed E-state index contributed by atoms with van der Waals surface area (Å²) in [6.45, 7) is 12.1. The molecule has 0 spiro atoms. The molecule has 100 valence electrons. The molecule has 0 saturated heterocycles. The summed E-state index contributed by atoms with van der Waals surface area (Å²) in [5.74, 6) is 0. The van der Waals surface area contributed by atoms with E-state index in [-0.39, 0.29) is 5.60 Å². The molecule has 1 N–H and O–H groups in total. The van der Waals surface area contributed by atoms with Gasteiger partial charge in [0, 0.05) is 13.5 Å². The van der Waals surface area contributed by atoms with Crippen LogP contribution in [0.25, 0.3) is 0 Å². The second-order valence-electron chi connectivity index (χ2n) is 4.08. The number of rotatable bonds is 5. The van der Waals surface area contributed by atoms with E-state index in [0.717, 1.165) is 19.1 Å². The average molecular weight is 233 g/mol. The Kier molecular flexibility index (Phi) is 22.2. The van der Waals surface area contributed by atoms with Crippen LogP contribution < -0.4 is 5.48 Å². The smallest absolute Gasteiger partial charge is 0.119 e. The topological polar surface area (TPSA) is 38.3 Å². The molecule has 3 heteroatoms. The molecular formula is C13H31NO2. The van der Waals surface area contributed by atoms with Crippen molar-refractivity contribution in [1.29, 1.82) is 0 Å². The third-order valence-electron chi connectivity index (χ3n) is 1.33. The fourth-order valence-electron chi connectivity index (χ4n) is 0.784. The highest BCUT2D eigenvalue weighted by atomic mass is 16.7. The summed E-state index contributed by atoms with van der Waals surface area (Å²) in [7, 11) is 1.76. The van der Waals surface area contributed by atoms with Gasteiger partial charge >= 0.3 is 0 Å². The van der Waals surface area contributed by atoms with Gasteiger partial charge in [0.25, 0.3) is 0 Å². The van der Waals surface area contributed by atoms with E-state index >= 15 is 0 Å². The van der Waals surface area contributed by atoms with Gasteiger partial charge in [0.05, 0.1) is 5.60 Å². The summed E-state index contributed by atoms with van der Waals surface area (Å²) >= 11 is 0. The summed E-state index contributed by atoms with van der Waals surface area (Å²) in [5.41, 5.74) is 2.55. The number of unbranched alkanes of at least 4 members (excludes halogenated alkanes) is 3. The second kappa shape index (κ2) is 17.0. The first-order valence-corrected chi connectivity index (χ1v) is 6.26. The molecule has 0 saturated carbocycles. The lowest BCUT2D eigenvalue weighted by Gasteiger charge is -2.16. The highest BCUT2D eigenvalue weighted by Gasteiger charge is 2.07. The van der Waals surface area contributed by atoms with Crippen molar-refractivity contribution >= 4 is 6.29 Å². The molecular weight excluding hydrogens is 202 g/mol. The molecule has 0 radical (unpaired) electrons. The second-order valence-corrected chi connectivity index (χ2v) is 4.08. The predicted molar refractivity (Wildman–Crippen MR) is 71.5 cm³/mol. The lowest BCUT2D eigenvalue weighted by atomic mass is 10.2. The van der Waals surface area contributed by atoms with Crippen LogP contribution in [0.5, 0.6) is 0 Å². The quantitative estimate of drug-likeness (QED) is 0.447. The fraction of sp³-hybridized carbons (Fsp3) is 0.923. The Hall–Kier alpha value is -0.410. The molecule has 0 aromatic heterocycles. The third-order valence-corrected chi connectivity index (χ3v) is 1.33. The molecule has 16 heavy (non-hydrogen) atoms. The Morgan fingerprint density at radius 3 is 1.88 bits per heavy atom. The Labute approximate surface area is 102 Å². The third kappa shape index (κ3) is 37.4. The van der Waals surface area contributed by atoms with Crippen molar-refractivity contribution in [1.82, 2.24) is 5.48 Å². The van der Waals surface area contributed by atoms with Crippen molar-refractivity contribution in [2.45, 2.75) is 72.8 Å². The number of hydrogen-bond acceptors (Lipinski definition) is 3. The minimum absolute atomic E-state index is 0.0608. The Bertz CT molecular complexity index is 120. The maximum atomic E-state index is 9.68. The first-order valence-electron chi connectivity index (χ1n) is 6.26. The van der Waals surface area contributed by atoms with Crippen LogP contribution in [0.15, 0.2) is 0 Å². The average Bonchev–Trinajstić information content (AvgIpc) is 2.21. The van der Waals surface area contributed by atoms with Gasteiger partial charge in [0.15, 0.2) is 0 Å². The first-order chi connectivity index (χ1) is 7.47. The van der Waals surface area contributed by atoms with Crippen LogP contribution in [-0.4, -0.2) is 18.9 Å². The van der Waals surface area contributed by atoms with E-state index in [1.54, 1.807) is 7.05 Å². The van der Waals surface area contributed by atoms with Crippen LogP contribution in [0.3, 0.4) is 0 Å². The van der Waals surface area contributed by atoms with Gasteiger partial charge in [0.1, 0.15) is 6.29 Å². The number of hydrogen-bond donors (Lipinski definition) is 1. The van der Waals surface area contributed by atoms with E-state index in [0.29, 0.717) is 0 Å². The molecule has 0 fully saturated rings. The van der Waals surface area contributed by atoms with Crippen molar-refractivity contribution in [3.63, 3.8) is 0 Å². The molecule has 0 aliphatic heterocycles. The molecule has 0 aromatic rings. The van der Waals surface area contributed by atoms with Gasteiger partial charge < -0.3 is 4.79 Å². The van der Waals surface area contributed by atoms with Crippen molar-refractivity contribution < 1.29 is 9.63 Å². The Morgan fingerprint density at radius 1 is 1.19 bits per heavy atom. The van der Waals surface area contributed by atoms with Gasteiger partial charge in [-0.3, -0.25) is 4.84 Å². The fourth-order valence-corrected chi connectivity index (χ4v) is 0.784. The van der Waals surface area contributed by atoms with Crippen LogP contribution in [-0.2, 0) is 9.63 Å². The number of carbonyl (C=O) groups excluding carboxylic acids is 1. The van der Waals surface area contributed by atoms with Gasteiger partial charge in [-0.15, -0.1) is 0 Å². The van der Waals surface area contributed by atoms with E-state index in [1.165, 1.54) is 12.8 Å². The maximum Gasteiger partial charge on any atom is 0.119 e. The minimum atomic E-state index is -0.0608. The van der Waals surface area contributed by atoms with E-state index in [4.69, 9.17) is 4.84 Å². The SMILES string of the molecule is CC.CCCCCC=O.CNOC(C)(C)C. The van der Waals surface area contributed by atoms with Gasteiger partial charge in [-0.2, -0.15) is 0 Å². The van der Waals surface area contributed by atoms with E-state index in [1.807, 2.05) is 34.6 Å². The highest BCUT2D eigenvalue weighted by Crippen LogP contribution is 2.01. The largest absolute Gasteiger partial charge is 0.303 e. The summed E-state index contributed by atoms with van der Waals surface area (Å²) < 4.78 is 0. The van der Waals surface area contributed by atoms with E-state index < -0.39 is 0 Å². The molecule has 0 bridgehead atoms. The lowest BCUT2D eigenvalue weighted by Crippen LogP contribution is -2.26. The number of carbonyl (C=O) groups is 1. The molecule has 0 aliphatic carbocycles. The van der Waals surface area contributed by atoms with Gasteiger partial charge in [-0.1, -0.05) is 33.6 Å². The molecule has 0 amide bonds. The number of aldehydes is 1. The zero-order valence-corrected chi connectivity index (χ0v) is 12.2. The first kappa shape index (κ1) is 20.9. The van der Waals surface area contributed by atoms with E-state index in [2.05, 4.69) is 12.4 Å². The van der Waals surface area contributed by atoms with Crippen molar-refractivity contribution in [2.75, 3.05) is 7.05 Å². The number of hydroxylamine groups is 1. The molecule has 0 heterocycles. The lowest BCUT2D eigenvalue weighted by molar-refractivity contribution is -0.107. The van der Waals surface area contributed by atoms with Gasteiger partial charge in [-0.05, 0) is 27.2 Å². The van der Waals surface area contributed by atoms with Gasteiger partial charge in [-0.25, -0.2) is 5.48 Å². The van der Waals surface area contributed by atoms with Crippen LogP contribution in [0, 0.1) is 0 Å². The predicted octanol–water partition coefficient (Wildman–Crippen LogP) is 3.73. The molecule has 0 atom stereocenters. The van der Waals surface area contributed by atoms with Crippen molar-refractivity contribution in [3.8, 4) is 0 Å². The van der Waals surface area contributed by atoms with Crippen molar-refractivity contribution in [3.05, 3.63) is 0 Å². The zero-order valence-electron chi connectivity index (χ0n) is 12.2. The van der Waals surface area contributed by atoms with Crippen LogP contribution in [0.4, 0.5) is 0 Å².